The van der Waals surface area contributed by atoms with E-state index in [4.69, 9.17) is 16.7 Å². The molecule has 0 saturated heterocycles. The first-order chi connectivity index (χ1) is 15.5. The van der Waals surface area contributed by atoms with Crippen LogP contribution in [0.3, 0.4) is 0 Å². The zero-order chi connectivity index (χ0) is 25.4. The van der Waals surface area contributed by atoms with Gasteiger partial charge >= 0.3 is 6.09 Å². The van der Waals surface area contributed by atoms with Gasteiger partial charge in [-0.25, -0.2) is 4.79 Å². The summed E-state index contributed by atoms with van der Waals surface area (Å²) in [6, 6.07) is 2.24. The molecule has 2 fully saturated rings. The predicted octanol–water partition coefficient (Wildman–Crippen LogP) is 4.24. The first kappa shape index (κ1) is 29.9. The van der Waals surface area contributed by atoms with Crippen LogP contribution in [0, 0.1) is 23.2 Å². The van der Waals surface area contributed by atoms with Crippen molar-refractivity contribution in [3.8, 4) is 6.07 Å². The van der Waals surface area contributed by atoms with Crippen molar-refractivity contribution in [2.75, 3.05) is 5.32 Å². The molecular formula is C23H40N6O4. The number of nitrogens with two attached hydrogens (primary N) is 2. The number of ether oxygens (including phenoxy) is 1. The Balaban J connectivity index is 0.000000473. The summed E-state index contributed by atoms with van der Waals surface area (Å²) in [7, 11) is 0. The van der Waals surface area contributed by atoms with Crippen molar-refractivity contribution in [3.63, 3.8) is 0 Å². The Morgan fingerprint density at radius 2 is 1.73 bits per heavy atom. The molecule has 0 radical (unpaired) electrons. The maximum absolute atomic E-state index is 11.3. The highest BCUT2D eigenvalue weighted by atomic mass is 16.6. The molecule has 1 heterocycles. The normalized spacial score (nSPS) is 15.0. The molecule has 186 valence electrons. The second-order valence-electron chi connectivity index (χ2n) is 8.69. The van der Waals surface area contributed by atoms with Crippen molar-refractivity contribution in [1.29, 1.82) is 5.26 Å². The zero-order valence-electron chi connectivity index (χ0n) is 20.6. The summed E-state index contributed by atoms with van der Waals surface area (Å²) >= 11 is 0. The highest BCUT2D eigenvalue weighted by Crippen LogP contribution is 2.30. The van der Waals surface area contributed by atoms with Crippen LogP contribution in [0.2, 0.25) is 0 Å². The number of amides is 3. The summed E-state index contributed by atoms with van der Waals surface area (Å²) in [5.74, 6) is 0.416. The lowest BCUT2D eigenvalue weighted by Crippen LogP contribution is -2.27. The number of nitrogens with one attached hydrogen (secondary N) is 2. The van der Waals surface area contributed by atoms with Gasteiger partial charge in [0.05, 0.1) is 12.3 Å². The van der Waals surface area contributed by atoms with Crippen LogP contribution >= 0.6 is 0 Å². The van der Waals surface area contributed by atoms with Crippen LogP contribution in [0.4, 0.5) is 10.6 Å². The maximum atomic E-state index is 11.3. The van der Waals surface area contributed by atoms with Gasteiger partial charge in [0.2, 0.25) is 5.91 Å². The van der Waals surface area contributed by atoms with Crippen LogP contribution in [-0.2, 0) is 9.53 Å². The summed E-state index contributed by atoms with van der Waals surface area (Å²) in [5, 5.41) is 17.1. The molecule has 3 rings (SSSR count). The van der Waals surface area contributed by atoms with E-state index in [1.807, 2.05) is 13.8 Å². The molecule has 1 aromatic heterocycles. The summed E-state index contributed by atoms with van der Waals surface area (Å²) in [4.78, 5) is 32.2. The first-order valence-electron chi connectivity index (χ1n) is 11.5. The van der Waals surface area contributed by atoms with Crippen LogP contribution in [0.25, 0.3) is 0 Å². The van der Waals surface area contributed by atoms with E-state index in [9.17, 15) is 14.4 Å². The number of rotatable bonds is 4. The number of hydrogen-bond donors (Lipinski definition) is 4. The van der Waals surface area contributed by atoms with Crippen molar-refractivity contribution < 1.29 is 19.1 Å². The minimum atomic E-state index is -0.725. The number of carbonyl (C=O) groups is 3. The fraction of sp³-hybridized carbons (Fsp3) is 0.696. The molecule has 6 N–H and O–H groups in total. The average molecular weight is 465 g/mol. The quantitative estimate of drug-likeness (QED) is 0.517. The maximum Gasteiger partial charge on any atom is 0.405 e. The number of carbonyl (C=O) groups excluding carboxylic acids is 3. The third-order valence-corrected chi connectivity index (χ3v) is 4.61. The van der Waals surface area contributed by atoms with Gasteiger partial charge in [0.25, 0.3) is 5.91 Å². The monoisotopic (exact) mass is 464 g/mol. The number of hydrogen-bond acceptors (Lipinski definition) is 6. The van der Waals surface area contributed by atoms with Gasteiger partial charge in [-0.3, -0.25) is 14.7 Å². The van der Waals surface area contributed by atoms with Crippen LogP contribution < -0.4 is 16.8 Å². The van der Waals surface area contributed by atoms with E-state index in [-0.39, 0.29) is 23.2 Å². The second kappa shape index (κ2) is 15.7. The number of aromatic nitrogens is 2. The molecule has 10 nitrogen and oxygen atoms in total. The summed E-state index contributed by atoms with van der Waals surface area (Å²) < 4.78 is 4.58. The molecular weight excluding hydrogens is 424 g/mol. The standard InChI is InChI=1S/C8H10N4O2.C8H13N.C5H11NO2.C2H6/c9-6(13)5-3-10-12-7(5)11-8(14)4-1-2-4;9-7-6-8-4-2-1-3-5-8;1-5(2,3)8-4(6)7;1-2/h3-4H,1-2H2,(H2,9,13)(H2,10,11,12,14);8H,1-6H2;1-3H3,(H2,6,7);1-2H3. The first-order valence-corrected chi connectivity index (χ1v) is 11.5. The van der Waals surface area contributed by atoms with E-state index in [2.05, 4.69) is 26.3 Å². The second-order valence-corrected chi connectivity index (χ2v) is 8.69. The Morgan fingerprint density at radius 1 is 1.15 bits per heavy atom. The molecule has 2 aliphatic rings. The number of nitrogens with zero attached hydrogens (tertiary/aromatic N) is 2. The number of primary amides is 2. The molecule has 0 aliphatic heterocycles. The molecule has 0 atom stereocenters. The number of H-pyrrole nitrogens is 1. The van der Waals surface area contributed by atoms with E-state index < -0.39 is 17.6 Å². The summed E-state index contributed by atoms with van der Waals surface area (Å²) in [5.41, 5.74) is 9.55. The summed E-state index contributed by atoms with van der Waals surface area (Å²) in [6.45, 7) is 9.28. The highest BCUT2D eigenvalue weighted by molar-refractivity contribution is 6.02. The lowest BCUT2D eigenvalue weighted by Gasteiger charge is -2.17. The van der Waals surface area contributed by atoms with Crippen LogP contribution in [0.1, 0.15) is 96.3 Å². The smallest absolute Gasteiger partial charge is 0.405 e. The number of aromatic amines is 1. The lowest BCUT2D eigenvalue weighted by atomic mass is 9.87. The van der Waals surface area contributed by atoms with Gasteiger partial charge in [-0.15, -0.1) is 0 Å². The molecule has 0 aromatic carbocycles. The topological polar surface area (TPSA) is 177 Å². The average Bonchev–Trinajstić information content (AvgIpc) is 3.49. The van der Waals surface area contributed by atoms with Crippen molar-refractivity contribution >= 4 is 23.7 Å². The molecule has 1 aromatic rings. The van der Waals surface area contributed by atoms with E-state index >= 15 is 0 Å². The zero-order valence-corrected chi connectivity index (χ0v) is 20.6. The van der Waals surface area contributed by atoms with E-state index in [0.717, 1.165) is 25.2 Å². The molecule has 0 bridgehead atoms. The van der Waals surface area contributed by atoms with Gasteiger partial charge in [0, 0.05) is 12.3 Å². The van der Waals surface area contributed by atoms with Crippen molar-refractivity contribution in [1.82, 2.24) is 10.2 Å². The van der Waals surface area contributed by atoms with Gasteiger partial charge in [0.1, 0.15) is 17.0 Å². The van der Waals surface area contributed by atoms with Gasteiger partial charge in [-0.05, 0) is 52.4 Å². The SMILES string of the molecule is CC.CC(C)(C)OC(N)=O.N#CCC1CCCCC1.NC(=O)c1cn[nH]c1NC(=O)C1CC1. The Kier molecular flexibility index (Phi) is 14.2. The van der Waals surface area contributed by atoms with E-state index in [1.165, 1.54) is 38.3 Å². The third kappa shape index (κ3) is 14.6. The van der Waals surface area contributed by atoms with Crippen molar-refractivity contribution in [2.45, 2.75) is 91.6 Å². The third-order valence-electron chi connectivity index (χ3n) is 4.61. The Morgan fingerprint density at radius 3 is 2.12 bits per heavy atom. The molecule has 2 saturated carbocycles. The molecule has 3 amide bonds. The summed E-state index contributed by atoms with van der Waals surface area (Å²) in [6.07, 6.45) is 9.88. The van der Waals surface area contributed by atoms with Crippen LogP contribution in [-0.4, -0.2) is 33.7 Å². The predicted molar refractivity (Wildman–Crippen MR) is 127 cm³/mol. The minimum absolute atomic E-state index is 0.0824. The molecule has 0 spiro atoms. The van der Waals surface area contributed by atoms with Crippen molar-refractivity contribution in [3.05, 3.63) is 11.8 Å². The van der Waals surface area contributed by atoms with Crippen molar-refractivity contribution in [2.24, 2.45) is 23.3 Å². The molecule has 10 heteroatoms. The fourth-order valence-electron chi connectivity index (χ4n) is 2.96. The molecule has 2 aliphatic carbocycles. The Hall–Kier alpha value is -3.09. The number of nitriles is 1. The van der Waals surface area contributed by atoms with E-state index in [1.54, 1.807) is 20.8 Å². The van der Waals surface area contributed by atoms with Crippen LogP contribution in [0.15, 0.2) is 6.20 Å². The lowest BCUT2D eigenvalue weighted by molar-refractivity contribution is -0.117. The van der Waals surface area contributed by atoms with Gasteiger partial charge in [-0.2, -0.15) is 10.4 Å². The molecule has 33 heavy (non-hydrogen) atoms. The van der Waals surface area contributed by atoms with E-state index in [0.29, 0.717) is 0 Å². The van der Waals surface area contributed by atoms with Gasteiger partial charge in [0.15, 0.2) is 0 Å². The van der Waals surface area contributed by atoms with Gasteiger partial charge < -0.3 is 21.5 Å². The fourth-order valence-corrected chi connectivity index (χ4v) is 2.96. The number of anilines is 1. The molecule has 0 unspecified atom stereocenters. The largest absolute Gasteiger partial charge is 0.444 e. The minimum Gasteiger partial charge on any atom is -0.444 e. The van der Waals surface area contributed by atoms with Crippen LogP contribution in [0.5, 0.6) is 0 Å². The highest BCUT2D eigenvalue weighted by Gasteiger charge is 2.30. The Labute approximate surface area is 196 Å². The van der Waals surface area contributed by atoms with Gasteiger partial charge in [-0.1, -0.05) is 33.1 Å². The Bertz CT molecular complexity index is 769.